The monoisotopic (exact) mass is 297 g/mol. The molecule has 0 radical (unpaired) electrons. The highest BCUT2D eigenvalue weighted by atomic mass is 16.4. The smallest absolute Gasteiger partial charge is 0.326 e. The highest BCUT2D eigenvalue weighted by Crippen LogP contribution is 1.98. The molecule has 1 aromatic rings. The van der Waals surface area contributed by atoms with Crippen molar-refractivity contribution in [3.05, 3.63) is 18.0 Å². The molecule has 21 heavy (non-hydrogen) atoms. The molecule has 1 atom stereocenters. The van der Waals surface area contributed by atoms with E-state index in [1.807, 2.05) is 6.07 Å². The van der Waals surface area contributed by atoms with Gasteiger partial charge in [-0.25, -0.2) is 9.59 Å². The number of carbonyl (C=O) groups is 3. The van der Waals surface area contributed by atoms with E-state index in [1.165, 1.54) is 0 Å². The number of nitrogens with one attached hydrogen (secondary N) is 2. The van der Waals surface area contributed by atoms with Gasteiger partial charge < -0.3 is 21.5 Å². The van der Waals surface area contributed by atoms with Crippen LogP contribution in [0.3, 0.4) is 0 Å². The number of aromatic nitrogens is 2. The summed E-state index contributed by atoms with van der Waals surface area (Å²) in [6.07, 6.45) is 2.08. The molecule has 9 nitrogen and oxygen atoms in total. The summed E-state index contributed by atoms with van der Waals surface area (Å²) in [5, 5.41) is 17.8. The van der Waals surface area contributed by atoms with Crippen LogP contribution in [-0.2, 0) is 23.1 Å². The van der Waals surface area contributed by atoms with Gasteiger partial charge in [-0.1, -0.05) is 0 Å². The van der Waals surface area contributed by atoms with Crippen molar-refractivity contribution < 1.29 is 19.5 Å². The van der Waals surface area contributed by atoms with Crippen molar-refractivity contribution in [1.29, 1.82) is 0 Å². The average molecular weight is 297 g/mol. The van der Waals surface area contributed by atoms with E-state index in [-0.39, 0.29) is 12.8 Å². The number of nitrogens with two attached hydrogens (primary N) is 1. The Morgan fingerprint density at radius 1 is 1.48 bits per heavy atom. The Labute approximate surface area is 121 Å². The van der Waals surface area contributed by atoms with Crippen LogP contribution in [0, 0.1) is 0 Å². The fraction of sp³-hybridized carbons (Fsp3) is 0.500. The summed E-state index contributed by atoms with van der Waals surface area (Å²) in [5.41, 5.74) is 5.90. The molecule has 1 aromatic heterocycles. The number of primary amides is 1. The number of carbonyl (C=O) groups excluding carboxylic acids is 2. The zero-order valence-electron chi connectivity index (χ0n) is 11.7. The van der Waals surface area contributed by atoms with Crippen LogP contribution in [0.4, 0.5) is 4.79 Å². The quantitative estimate of drug-likeness (QED) is 0.486. The Balaban J connectivity index is 2.34. The number of carboxylic acid groups (broad SMARTS) is 1. The molecule has 0 aromatic carbocycles. The molecule has 116 valence electrons. The van der Waals surface area contributed by atoms with Gasteiger partial charge in [0.1, 0.15) is 6.04 Å². The predicted molar refractivity (Wildman–Crippen MR) is 73.3 cm³/mol. The number of rotatable bonds is 8. The Bertz CT molecular complexity index is 514. The van der Waals surface area contributed by atoms with Crippen LogP contribution in [0.25, 0.3) is 0 Å². The summed E-state index contributed by atoms with van der Waals surface area (Å²) in [5.74, 6) is -1.82. The van der Waals surface area contributed by atoms with Crippen LogP contribution in [0.2, 0.25) is 0 Å². The van der Waals surface area contributed by atoms with Gasteiger partial charge in [-0.15, -0.1) is 0 Å². The van der Waals surface area contributed by atoms with Crippen molar-refractivity contribution in [3.8, 4) is 0 Å². The van der Waals surface area contributed by atoms with Gasteiger partial charge in [-0.2, -0.15) is 5.10 Å². The maximum Gasteiger partial charge on any atom is 0.326 e. The van der Waals surface area contributed by atoms with Crippen LogP contribution in [0.15, 0.2) is 12.3 Å². The molecule has 1 rings (SSSR count). The van der Waals surface area contributed by atoms with Gasteiger partial charge in [0.2, 0.25) is 5.91 Å². The SMILES string of the molecule is Cn1nccc1CCNC(=O)N[C@H](CCC(N)=O)C(=O)O. The van der Waals surface area contributed by atoms with Crippen LogP contribution >= 0.6 is 0 Å². The molecule has 5 N–H and O–H groups in total. The predicted octanol–water partition coefficient (Wildman–Crippen LogP) is -1.02. The molecular formula is C12H19N5O4. The number of hydrogen-bond acceptors (Lipinski definition) is 4. The highest BCUT2D eigenvalue weighted by Gasteiger charge is 2.20. The summed E-state index contributed by atoms with van der Waals surface area (Å²) in [4.78, 5) is 33.2. The number of amides is 3. The van der Waals surface area contributed by atoms with Gasteiger partial charge in [-0.05, 0) is 12.5 Å². The second-order valence-electron chi connectivity index (χ2n) is 4.49. The third-order valence-corrected chi connectivity index (χ3v) is 2.87. The number of aliphatic carboxylic acids is 1. The Morgan fingerprint density at radius 3 is 2.71 bits per heavy atom. The molecule has 9 heteroatoms. The minimum absolute atomic E-state index is 0.0418. The number of aryl methyl sites for hydroxylation is 1. The molecule has 0 aliphatic rings. The van der Waals surface area contributed by atoms with Crippen molar-refractivity contribution in [2.45, 2.75) is 25.3 Å². The van der Waals surface area contributed by atoms with Gasteiger partial charge in [0.25, 0.3) is 0 Å². The second kappa shape index (κ2) is 7.88. The molecule has 0 saturated heterocycles. The fourth-order valence-electron chi connectivity index (χ4n) is 1.70. The molecule has 0 fully saturated rings. The molecule has 3 amide bonds. The van der Waals surface area contributed by atoms with Crippen molar-refractivity contribution in [2.24, 2.45) is 12.8 Å². The van der Waals surface area contributed by atoms with Gasteiger partial charge in [0.15, 0.2) is 0 Å². The van der Waals surface area contributed by atoms with Crippen molar-refractivity contribution >= 4 is 17.9 Å². The summed E-state index contributed by atoms with van der Waals surface area (Å²) >= 11 is 0. The first-order chi connectivity index (χ1) is 9.90. The first-order valence-electron chi connectivity index (χ1n) is 6.42. The van der Waals surface area contributed by atoms with Crippen LogP contribution in [0.5, 0.6) is 0 Å². The van der Waals surface area contributed by atoms with Gasteiger partial charge >= 0.3 is 12.0 Å². The molecular weight excluding hydrogens is 278 g/mol. The number of urea groups is 1. The third-order valence-electron chi connectivity index (χ3n) is 2.87. The lowest BCUT2D eigenvalue weighted by Crippen LogP contribution is -2.46. The maximum absolute atomic E-state index is 11.6. The van der Waals surface area contributed by atoms with Crippen molar-refractivity contribution in [1.82, 2.24) is 20.4 Å². The van der Waals surface area contributed by atoms with Crippen LogP contribution in [-0.4, -0.2) is 45.4 Å². The van der Waals surface area contributed by atoms with Crippen molar-refractivity contribution in [3.63, 3.8) is 0 Å². The van der Waals surface area contributed by atoms with Gasteiger partial charge in [0.05, 0.1) is 0 Å². The average Bonchev–Trinajstić information content (AvgIpc) is 2.79. The fourth-order valence-corrected chi connectivity index (χ4v) is 1.70. The lowest BCUT2D eigenvalue weighted by Gasteiger charge is -2.14. The Morgan fingerprint density at radius 2 is 2.19 bits per heavy atom. The Hall–Kier alpha value is -2.58. The topological polar surface area (TPSA) is 139 Å². The minimum atomic E-state index is -1.21. The largest absolute Gasteiger partial charge is 0.480 e. The van der Waals surface area contributed by atoms with Crippen LogP contribution < -0.4 is 16.4 Å². The lowest BCUT2D eigenvalue weighted by molar-refractivity contribution is -0.139. The third kappa shape index (κ3) is 5.93. The molecule has 0 saturated carbocycles. The molecule has 1 heterocycles. The van der Waals surface area contributed by atoms with E-state index in [0.717, 1.165) is 5.69 Å². The van der Waals surface area contributed by atoms with E-state index < -0.39 is 23.9 Å². The zero-order valence-corrected chi connectivity index (χ0v) is 11.7. The number of nitrogens with zero attached hydrogens (tertiary/aromatic N) is 2. The molecule has 0 bridgehead atoms. The van der Waals surface area contributed by atoms with Crippen LogP contribution in [0.1, 0.15) is 18.5 Å². The van der Waals surface area contributed by atoms with Crippen molar-refractivity contribution in [2.75, 3.05) is 6.54 Å². The highest BCUT2D eigenvalue weighted by molar-refractivity contribution is 5.83. The maximum atomic E-state index is 11.6. The second-order valence-corrected chi connectivity index (χ2v) is 4.49. The van der Waals surface area contributed by atoms with E-state index >= 15 is 0 Å². The normalized spacial score (nSPS) is 11.7. The van der Waals surface area contributed by atoms with E-state index in [4.69, 9.17) is 10.8 Å². The van der Waals surface area contributed by atoms with Gasteiger partial charge in [0, 0.05) is 38.3 Å². The summed E-state index contributed by atoms with van der Waals surface area (Å²) < 4.78 is 1.69. The minimum Gasteiger partial charge on any atom is -0.480 e. The molecule has 0 aliphatic heterocycles. The first kappa shape index (κ1) is 16.5. The van der Waals surface area contributed by atoms with E-state index in [1.54, 1.807) is 17.9 Å². The molecule has 0 spiro atoms. The number of carboxylic acids is 1. The summed E-state index contributed by atoms with van der Waals surface area (Å²) in [6.45, 7) is 0.341. The lowest BCUT2D eigenvalue weighted by atomic mass is 10.1. The standard InChI is InChI=1S/C12H19N5O4/c1-17-8(5-7-15-17)4-6-14-12(21)16-9(11(19)20)2-3-10(13)18/h5,7,9H,2-4,6H2,1H3,(H2,13,18)(H,19,20)(H2,14,16,21)/t9-/m1/s1. The molecule has 0 unspecified atom stereocenters. The summed E-state index contributed by atoms with van der Waals surface area (Å²) in [6, 6.07) is 0.0789. The van der Waals surface area contributed by atoms with E-state index in [9.17, 15) is 14.4 Å². The first-order valence-corrected chi connectivity index (χ1v) is 6.42. The molecule has 0 aliphatic carbocycles. The Kier molecular flexibility index (Phi) is 6.18. The van der Waals surface area contributed by atoms with E-state index in [2.05, 4.69) is 15.7 Å². The van der Waals surface area contributed by atoms with Gasteiger partial charge in [-0.3, -0.25) is 9.48 Å². The van der Waals surface area contributed by atoms with E-state index in [0.29, 0.717) is 13.0 Å². The number of hydrogen-bond donors (Lipinski definition) is 4. The summed E-state index contributed by atoms with van der Waals surface area (Å²) in [7, 11) is 1.79. The zero-order chi connectivity index (χ0) is 15.8.